The highest BCUT2D eigenvalue weighted by atomic mass is 19.1. The van der Waals surface area contributed by atoms with Gasteiger partial charge in [-0.05, 0) is 30.0 Å². The molecule has 0 saturated heterocycles. The molecule has 0 heterocycles. The van der Waals surface area contributed by atoms with E-state index in [2.05, 4.69) is 0 Å². The molecule has 106 valence electrons. The van der Waals surface area contributed by atoms with Gasteiger partial charge >= 0.3 is 0 Å². The molecule has 0 amide bonds. The number of benzene rings is 1. The summed E-state index contributed by atoms with van der Waals surface area (Å²) in [6.07, 6.45) is -0.611. The Morgan fingerprint density at radius 1 is 1.21 bits per heavy atom. The van der Waals surface area contributed by atoms with Gasteiger partial charge in [-0.25, -0.2) is 8.78 Å². The standard InChI is InChI=1S/C15H20F2O2/c1-5-19-14(15(2,3)4)13(18)8-10-6-11(16)9-12(17)7-10/h6-7,9,14H,5,8H2,1-4H3. The predicted octanol–water partition coefficient (Wildman–Crippen LogP) is 3.53. The second-order valence-corrected chi connectivity index (χ2v) is 5.62. The minimum absolute atomic E-state index is 0.0311. The summed E-state index contributed by atoms with van der Waals surface area (Å²) in [5.41, 5.74) is -0.0182. The molecule has 0 aliphatic heterocycles. The highest BCUT2D eigenvalue weighted by molar-refractivity contribution is 5.86. The smallest absolute Gasteiger partial charge is 0.166 e. The monoisotopic (exact) mass is 270 g/mol. The van der Waals surface area contributed by atoms with E-state index in [0.29, 0.717) is 12.2 Å². The Labute approximate surface area is 112 Å². The third kappa shape index (κ3) is 4.71. The Kier molecular flexibility index (Phi) is 5.18. The first-order chi connectivity index (χ1) is 8.74. The maximum Gasteiger partial charge on any atom is 0.166 e. The van der Waals surface area contributed by atoms with Crippen molar-refractivity contribution in [3.63, 3.8) is 0 Å². The number of hydrogen-bond acceptors (Lipinski definition) is 2. The van der Waals surface area contributed by atoms with Crippen LogP contribution in [0.4, 0.5) is 8.78 Å². The van der Waals surface area contributed by atoms with E-state index in [1.165, 1.54) is 12.1 Å². The van der Waals surface area contributed by atoms with Gasteiger partial charge in [0, 0.05) is 19.1 Å². The maximum atomic E-state index is 13.1. The summed E-state index contributed by atoms with van der Waals surface area (Å²) < 4.78 is 31.6. The summed E-state index contributed by atoms with van der Waals surface area (Å²) >= 11 is 0. The summed E-state index contributed by atoms with van der Waals surface area (Å²) in [4.78, 5) is 12.2. The van der Waals surface area contributed by atoms with Crippen LogP contribution in [0.5, 0.6) is 0 Å². The molecular formula is C15H20F2O2. The van der Waals surface area contributed by atoms with Crippen LogP contribution in [0.2, 0.25) is 0 Å². The van der Waals surface area contributed by atoms with Gasteiger partial charge in [-0.15, -0.1) is 0 Å². The zero-order valence-corrected chi connectivity index (χ0v) is 11.8. The number of halogens is 2. The van der Waals surface area contributed by atoms with Crippen LogP contribution in [0, 0.1) is 17.0 Å². The van der Waals surface area contributed by atoms with Crippen LogP contribution < -0.4 is 0 Å². The fourth-order valence-corrected chi connectivity index (χ4v) is 2.00. The molecule has 0 aliphatic carbocycles. The van der Waals surface area contributed by atoms with Gasteiger partial charge in [0.2, 0.25) is 0 Å². The number of carbonyl (C=O) groups excluding carboxylic acids is 1. The van der Waals surface area contributed by atoms with Gasteiger partial charge in [-0.3, -0.25) is 4.79 Å². The lowest BCUT2D eigenvalue weighted by molar-refractivity contribution is -0.136. The molecule has 0 aliphatic rings. The van der Waals surface area contributed by atoms with Gasteiger partial charge in [0.1, 0.15) is 17.7 Å². The fourth-order valence-electron chi connectivity index (χ4n) is 2.00. The van der Waals surface area contributed by atoms with Crippen LogP contribution in [0.3, 0.4) is 0 Å². The lowest BCUT2D eigenvalue weighted by Crippen LogP contribution is -2.38. The zero-order valence-electron chi connectivity index (χ0n) is 11.8. The molecule has 0 fully saturated rings. The topological polar surface area (TPSA) is 26.3 Å². The third-order valence-electron chi connectivity index (χ3n) is 2.71. The van der Waals surface area contributed by atoms with Gasteiger partial charge in [0.05, 0.1) is 0 Å². The number of hydrogen-bond donors (Lipinski definition) is 0. The minimum atomic E-state index is -0.675. The average Bonchev–Trinajstić information content (AvgIpc) is 2.22. The SMILES string of the molecule is CCOC(C(=O)Cc1cc(F)cc(F)c1)C(C)(C)C. The van der Waals surface area contributed by atoms with Crippen molar-refractivity contribution in [3.8, 4) is 0 Å². The van der Waals surface area contributed by atoms with Crippen molar-refractivity contribution in [2.45, 2.75) is 40.2 Å². The molecule has 4 heteroatoms. The Morgan fingerprint density at radius 2 is 1.74 bits per heavy atom. The molecule has 1 atom stereocenters. The molecule has 1 rings (SSSR count). The summed E-state index contributed by atoms with van der Waals surface area (Å²) in [7, 11) is 0. The van der Waals surface area contributed by atoms with Crippen LogP contribution in [0.1, 0.15) is 33.3 Å². The number of ketones is 1. The Balaban J connectivity index is 2.87. The highest BCUT2D eigenvalue weighted by Gasteiger charge is 2.31. The maximum absolute atomic E-state index is 13.1. The van der Waals surface area contributed by atoms with Crippen molar-refractivity contribution in [2.24, 2.45) is 5.41 Å². The van der Waals surface area contributed by atoms with Crippen LogP contribution in [0.25, 0.3) is 0 Å². The highest BCUT2D eigenvalue weighted by Crippen LogP contribution is 2.24. The minimum Gasteiger partial charge on any atom is -0.370 e. The first kappa shape index (κ1) is 15.8. The zero-order chi connectivity index (χ0) is 14.6. The van der Waals surface area contributed by atoms with Crippen LogP contribution in [-0.4, -0.2) is 18.5 Å². The molecule has 0 bridgehead atoms. The number of Topliss-reactive ketones (excluding diaryl/α,β-unsaturated/α-hetero) is 1. The van der Waals surface area contributed by atoms with E-state index in [9.17, 15) is 13.6 Å². The number of ether oxygens (including phenoxy) is 1. The van der Waals surface area contributed by atoms with Gasteiger partial charge < -0.3 is 4.74 Å². The normalized spacial score (nSPS) is 13.4. The van der Waals surface area contributed by atoms with E-state index in [0.717, 1.165) is 6.07 Å². The first-order valence-corrected chi connectivity index (χ1v) is 6.33. The van der Waals surface area contributed by atoms with Gasteiger partial charge in [-0.2, -0.15) is 0 Å². The van der Waals surface area contributed by atoms with E-state index in [1.807, 2.05) is 27.7 Å². The molecule has 0 radical (unpaired) electrons. The molecule has 0 saturated carbocycles. The fraction of sp³-hybridized carbons (Fsp3) is 0.533. The largest absolute Gasteiger partial charge is 0.370 e. The predicted molar refractivity (Wildman–Crippen MR) is 69.9 cm³/mol. The molecule has 1 aromatic carbocycles. The van der Waals surface area contributed by atoms with Crippen molar-refractivity contribution in [2.75, 3.05) is 6.61 Å². The Morgan fingerprint density at radius 3 is 2.16 bits per heavy atom. The Bertz CT molecular complexity index is 430. The van der Waals surface area contributed by atoms with E-state index < -0.39 is 17.7 Å². The first-order valence-electron chi connectivity index (χ1n) is 6.33. The van der Waals surface area contributed by atoms with Crippen molar-refractivity contribution >= 4 is 5.78 Å². The second kappa shape index (κ2) is 6.24. The molecule has 2 nitrogen and oxygen atoms in total. The lowest BCUT2D eigenvalue weighted by Gasteiger charge is -2.29. The average molecular weight is 270 g/mol. The van der Waals surface area contributed by atoms with Crippen molar-refractivity contribution in [1.29, 1.82) is 0 Å². The van der Waals surface area contributed by atoms with Gasteiger partial charge in [-0.1, -0.05) is 20.8 Å². The third-order valence-corrected chi connectivity index (χ3v) is 2.71. The summed E-state index contributed by atoms with van der Waals surface area (Å²) in [5, 5.41) is 0. The van der Waals surface area contributed by atoms with E-state index in [-0.39, 0.29) is 17.6 Å². The van der Waals surface area contributed by atoms with Crippen molar-refractivity contribution in [1.82, 2.24) is 0 Å². The van der Waals surface area contributed by atoms with E-state index in [4.69, 9.17) is 4.74 Å². The molecule has 0 aromatic heterocycles. The summed E-state index contributed by atoms with van der Waals surface area (Å²) in [6, 6.07) is 3.14. The van der Waals surface area contributed by atoms with E-state index in [1.54, 1.807) is 0 Å². The number of carbonyl (C=O) groups is 1. The molecule has 1 aromatic rings. The lowest BCUT2D eigenvalue weighted by atomic mass is 9.84. The summed E-state index contributed by atoms with van der Waals surface area (Å²) in [6.45, 7) is 7.94. The van der Waals surface area contributed by atoms with Gasteiger partial charge in [0.25, 0.3) is 0 Å². The summed E-state index contributed by atoms with van der Waals surface area (Å²) in [5.74, 6) is -1.52. The molecule has 19 heavy (non-hydrogen) atoms. The Hall–Kier alpha value is -1.29. The van der Waals surface area contributed by atoms with E-state index >= 15 is 0 Å². The number of rotatable bonds is 5. The molecule has 0 N–H and O–H groups in total. The van der Waals surface area contributed by atoms with Crippen molar-refractivity contribution < 1.29 is 18.3 Å². The molecule has 1 unspecified atom stereocenters. The van der Waals surface area contributed by atoms with Crippen molar-refractivity contribution in [3.05, 3.63) is 35.4 Å². The van der Waals surface area contributed by atoms with Gasteiger partial charge in [0.15, 0.2) is 5.78 Å². The molecule has 0 spiro atoms. The van der Waals surface area contributed by atoms with Crippen LogP contribution in [-0.2, 0) is 16.0 Å². The van der Waals surface area contributed by atoms with Crippen LogP contribution in [0.15, 0.2) is 18.2 Å². The van der Waals surface area contributed by atoms with Crippen LogP contribution >= 0.6 is 0 Å². The second-order valence-electron chi connectivity index (χ2n) is 5.62. The quantitative estimate of drug-likeness (QED) is 0.818. The molecular weight excluding hydrogens is 250 g/mol.